The first-order chi connectivity index (χ1) is 6.54. The van der Waals surface area contributed by atoms with Gasteiger partial charge in [0.05, 0.1) is 13.2 Å². The first kappa shape index (κ1) is 13.9. The molecule has 4 heteroatoms. The van der Waals surface area contributed by atoms with Crippen LogP contribution in [0.3, 0.4) is 0 Å². The summed E-state index contributed by atoms with van der Waals surface area (Å²) in [5.74, 6) is 0.0995. The monoisotopic (exact) mass is 265 g/mol. The second kappa shape index (κ2) is 7.23. The van der Waals surface area contributed by atoms with Crippen LogP contribution in [0.25, 0.3) is 0 Å². The fourth-order valence-electron chi connectivity index (χ4n) is 0.793. The van der Waals surface area contributed by atoms with Crippen molar-refractivity contribution in [2.75, 3.05) is 25.1 Å². The molecule has 1 N–H and O–H groups in total. The predicted octanol–water partition coefficient (Wildman–Crippen LogP) is 1.95. The van der Waals surface area contributed by atoms with Crippen molar-refractivity contribution in [3.8, 4) is 0 Å². The van der Waals surface area contributed by atoms with E-state index in [1.54, 1.807) is 0 Å². The zero-order valence-electron chi connectivity index (χ0n) is 9.23. The van der Waals surface area contributed by atoms with E-state index in [1.807, 2.05) is 20.8 Å². The van der Waals surface area contributed by atoms with Crippen LogP contribution in [0.2, 0.25) is 0 Å². The minimum absolute atomic E-state index is 0.0995. The highest BCUT2D eigenvalue weighted by molar-refractivity contribution is 9.09. The quantitative estimate of drug-likeness (QED) is 0.565. The molecule has 0 spiro atoms. The largest absolute Gasteiger partial charge is 0.379 e. The fraction of sp³-hybridized carbons (Fsp3) is 0.900. The van der Waals surface area contributed by atoms with Gasteiger partial charge in [-0.05, 0) is 6.42 Å². The molecule has 0 aliphatic rings. The third kappa shape index (κ3) is 5.60. The second-order valence-electron chi connectivity index (χ2n) is 3.79. The van der Waals surface area contributed by atoms with E-state index in [0.29, 0.717) is 19.8 Å². The standard InChI is InChI=1S/C10H20BrNO2/c1-4-10(2,3)9(13)12-6-8-14-7-5-11/h4-8H2,1-3H3,(H,12,13). The Morgan fingerprint density at radius 3 is 2.57 bits per heavy atom. The molecule has 0 unspecified atom stereocenters. The van der Waals surface area contributed by atoms with Gasteiger partial charge in [-0.2, -0.15) is 0 Å². The molecule has 0 aliphatic carbocycles. The van der Waals surface area contributed by atoms with Crippen molar-refractivity contribution in [1.82, 2.24) is 5.32 Å². The molecule has 0 atom stereocenters. The molecule has 0 fully saturated rings. The molecule has 0 aromatic rings. The molecular weight excluding hydrogens is 246 g/mol. The van der Waals surface area contributed by atoms with Crippen molar-refractivity contribution < 1.29 is 9.53 Å². The molecule has 0 heterocycles. The lowest BCUT2D eigenvalue weighted by Gasteiger charge is -2.21. The summed E-state index contributed by atoms with van der Waals surface area (Å²) in [7, 11) is 0. The van der Waals surface area contributed by atoms with Gasteiger partial charge in [-0.15, -0.1) is 0 Å². The van der Waals surface area contributed by atoms with Crippen LogP contribution in [0.4, 0.5) is 0 Å². The molecule has 0 saturated heterocycles. The Kier molecular flexibility index (Phi) is 7.19. The topological polar surface area (TPSA) is 38.3 Å². The summed E-state index contributed by atoms with van der Waals surface area (Å²) >= 11 is 3.26. The smallest absolute Gasteiger partial charge is 0.225 e. The van der Waals surface area contributed by atoms with Crippen LogP contribution >= 0.6 is 15.9 Å². The van der Waals surface area contributed by atoms with Gasteiger partial charge in [-0.25, -0.2) is 0 Å². The van der Waals surface area contributed by atoms with Gasteiger partial charge in [-0.1, -0.05) is 36.7 Å². The second-order valence-corrected chi connectivity index (χ2v) is 4.59. The molecule has 0 aromatic heterocycles. The van der Waals surface area contributed by atoms with E-state index in [2.05, 4.69) is 21.2 Å². The lowest BCUT2D eigenvalue weighted by Crippen LogP contribution is -2.38. The summed E-state index contributed by atoms with van der Waals surface area (Å²) in [5, 5.41) is 3.69. The summed E-state index contributed by atoms with van der Waals surface area (Å²) in [6.45, 7) is 7.77. The molecule has 0 saturated carbocycles. The van der Waals surface area contributed by atoms with Crippen molar-refractivity contribution in [2.24, 2.45) is 5.41 Å². The average molecular weight is 266 g/mol. The van der Waals surface area contributed by atoms with E-state index in [0.717, 1.165) is 11.8 Å². The SMILES string of the molecule is CCC(C)(C)C(=O)NCCOCCBr. The molecule has 0 bridgehead atoms. The lowest BCUT2D eigenvalue weighted by molar-refractivity contribution is -0.129. The number of carbonyl (C=O) groups excluding carboxylic acids is 1. The Bertz CT molecular complexity index is 172. The first-order valence-corrected chi connectivity index (χ1v) is 6.08. The summed E-state index contributed by atoms with van der Waals surface area (Å²) in [6, 6.07) is 0. The van der Waals surface area contributed by atoms with E-state index in [9.17, 15) is 4.79 Å². The van der Waals surface area contributed by atoms with Crippen molar-refractivity contribution in [3.63, 3.8) is 0 Å². The molecule has 14 heavy (non-hydrogen) atoms. The number of nitrogens with one attached hydrogen (secondary N) is 1. The van der Waals surface area contributed by atoms with Crippen molar-refractivity contribution >= 4 is 21.8 Å². The van der Waals surface area contributed by atoms with E-state index in [1.165, 1.54) is 0 Å². The van der Waals surface area contributed by atoms with Gasteiger partial charge >= 0.3 is 0 Å². The van der Waals surface area contributed by atoms with E-state index >= 15 is 0 Å². The van der Waals surface area contributed by atoms with Gasteiger partial charge in [0.1, 0.15) is 0 Å². The molecule has 0 radical (unpaired) electrons. The molecule has 3 nitrogen and oxygen atoms in total. The van der Waals surface area contributed by atoms with Gasteiger partial charge in [0, 0.05) is 17.3 Å². The first-order valence-electron chi connectivity index (χ1n) is 4.96. The van der Waals surface area contributed by atoms with Gasteiger partial charge in [0.15, 0.2) is 0 Å². The number of rotatable bonds is 7. The van der Waals surface area contributed by atoms with Crippen molar-refractivity contribution in [3.05, 3.63) is 0 Å². The number of halogens is 1. The zero-order valence-corrected chi connectivity index (χ0v) is 10.8. The maximum absolute atomic E-state index is 11.6. The van der Waals surface area contributed by atoms with Crippen molar-refractivity contribution in [2.45, 2.75) is 27.2 Å². The Labute approximate surface area is 94.7 Å². The maximum atomic E-state index is 11.6. The summed E-state index contributed by atoms with van der Waals surface area (Å²) in [6.07, 6.45) is 0.848. The summed E-state index contributed by atoms with van der Waals surface area (Å²) < 4.78 is 5.22. The minimum atomic E-state index is -0.268. The molecule has 1 amide bonds. The van der Waals surface area contributed by atoms with Gasteiger partial charge in [0.25, 0.3) is 0 Å². The van der Waals surface area contributed by atoms with Crippen LogP contribution in [0.1, 0.15) is 27.2 Å². The third-order valence-electron chi connectivity index (χ3n) is 2.25. The van der Waals surface area contributed by atoms with Crippen LogP contribution < -0.4 is 5.32 Å². The Hall–Kier alpha value is -0.0900. The van der Waals surface area contributed by atoms with Gasteiger partial charge in [0.2, 0.25) is 5.91 Å². The number of hydrogen-bond acceptors (Lipinski definition) is 2. The summed E-state index contributed by atoms with van der Waals surface area (Å²) in [4.78, 5) is 11.6. The van der Waals surface area contributed by atoms with Crippen LogP contribution in [0.5, 0.6) is 0 Å². The van der Waals surface area contributed by atoms with E-state index < -0.39 is 0 Å². The van der Waals surface area contributed by atoms with E-state index in [4.69, 9.17) is 4.74 Å². The van der Waals surface area contributed by atoms with Gasteiger partial charge < -0.3 is 10.1 Å². The fourth-order valence-corrected chi connectivity index (χ4v) is 1.02. The highest BCUT2D eigenvalue weighted by atomic mass is 79.9. The molecule has 0 aliphatic heterocycles. The molecule has 84 valence electrons. The van der Waals surface area contributed by atoms with Crippen LogP contribution in [-0.4, -0.2) is 31.0 Å². The number of carbonyl (C=O) groups is 1. The Balaban J connectivity index is 3.54. The predicted molar refractivity (Wildman–Crippen MR) is 61.7 cm³/mol. The molecular formula is C10H20BrNO2. The molecule has 0 aromatic carbocycles. The number of amides is 1. The number of alkyl halides is 1. The van der Waals surface area contributed by atoms with Crippen LogP contribution in [0.15, 0.2) is 0 Å². The number of hydrogen-bond donors (Lipinski definition) is 1. The highest BCUT2D eigenvalue weighted by Crippen LogP contribution is 2.18. The van der Waals surface area contributed by atoms with Crippen LogP contribution in [0, 0.1) is 5.41 Å². The van der Waals surface area contributed by atoms with Gasteiger partial charge in [-0.3, -0.25) is 4.79 Å². The summed E-state index contributed by atoms with van der Waals surface area (Å²) in [5.41, 5.74) is -0.268. The average Bonchev–Trinajstić information content (AvgIpc) is 2.17. The van der Waals surface area contributed by atoms with E-state index in [-0.39, 0.29) is 11.3 Å². The lowest BCUT2D eigenvalue weighted by atomic mass is 9.89. The molecule has 0 rings (SSSR count). The highest BCUT2D eigenvalue weighted by Gasteiger charge is 2.24. The normalized spacial score (nSPS) is 11.4. The number of ether oxygens (including phenoxy) is 1. The minimum Gasteiger partial charge on any atom is -0.379 e. The zero-order chi connectivity index (χ0) is 11.0. The Morgan fingerprint density at radius 1 is 1.43 bits per heavy atom. The Morgan fingerprint density at radius 2 is 2.07 bits per heavy atom. The van der Waals surface area contributed by atoms with Crippen LogP contribution in [-0.2, 0) is 9.53 Å². The maximum Gasteiger partial charge on any atom is 0.225 e. The third-order valence-corrected chi connectivity index (χ3v) is 2.58. The van der Waals surface area contributed by atoms with Crippen molar-refractivity contribution in [1.29, 1.82) is 0 Å².